The van der Waals surface area contributed by atoms with Crippen molar-refractivity contribution in [2.45, 2.75) is 39.0 Å². The quantitative estimate of drug-likeness (QED) is 0.0865. The number of halogens is 1. The normalized spacial score (nSPS) is 10.1. The van der Waals surface area contributed by atoms with E-state index in [1.54, 1.807) is 37.4 Å². The highest BCUT2D eigenvalue weighted by Gasteiger charge is 2.12. The van der Waals surface area contributed by atoms with Crippen LogP contribution in [0, 0.1) is 27.0 Å². The van der Waals surface area contributed by atoms with E-state index in [2.05, 4.69) is 106 Å². The van der Waals surface area contributed by atoms with Crippen LogP contribution in [0.4, 0.5) is 11.4 Å². The van der Waals surface area contributed by atoms with Gasteiger partial charge in [0.25, 0.3) is 0 Å². The predicted octanol–water partition coefficient (Wildman–Crippen LogP) is 15.5. The third kappa shape index (κ3) is 13.8. The number of hydrogen-bond acceptors (Lipinski definition) is 6. The molecule has 8 aromatic rings. The van der Waals surface area contributed by atoms with Gasteiger partial charge >= 0.3 is 0 Å². The maximum Gasteiger partial charge on any atom is 0.187 e. The standard InChI is InChI=1S/C29H25NO3.C21H20O3.C8H6BrN/c1-21-24(12-8-14-27(21)23-10-5-4-6-11-23)20-32-26-15-16-28(31-3)29(18-26)33-19-22-9-7-13-25(17-22)30-2;1-15-17(9-6-10-19(15)16-7-4-3-5-8-16)14-24-18-11-12-21(23-2)20(22)13-18;1-10-8-4-2-3-7(5-8)6-9/h4-18H,19-20H2,1,3H3;3-13,22H,14H2,1-2H3;2-5H,6H2. The van der Waals surface area contributed by atoms with Crippen molar-refractivity contribution in [3.8, 4) is 56.8 Å². The lowest BCUT2D eigenvalue weighted by molar-refractivity contribution is 0.274. The van der Waals surface area contributed by atoms with E-state index in [1.807, 2.05) is 84.9 Å². The minimum atomic E-state index is 0.0739. The maximum absolute atomic E-state index is 9.83. The molecule has 0 aliphatic rings. The number of nitrogens with zero attached hydrogens (tertiary/aromatic N) is 2. The topological polar surface area (TPSA) is 75.1 Å². The maximum atomic E-state index is 9.83. The molecule has 0 unspecified atom stereocenters. The van der Waals surface area contributed by atoms with Crippen LogP contribution in [0.3, 0.4) is 0 Å². The molecule has 0 spiro atoms. The van der Waals surface area contributed by atoms with Gasteiger partial charge in [0.1, 0.15) is 31.3 Å². The third-order valence-electron chi connectivity index (χ3n) is 10.8. The fraction of sp³-hybridized carbons (Fsp3) is 0.138. The molecule has 9 heteroatoms. The Morgan fingerprint density at radius 3 is 1.43 bits per heavy atom. The molecule has 8 nitrogen and oxygen atoms in total. The summed E-state index contributed by atoms with van der Waals surface area (Å²) < 4.78 is 28.4. The van der Waals surface area contributed by atoms with E-state index in [9.17, 15) is 5.11 Å². The second kappa shape index (κ2) is 24.9. The van der Waals surface area contributed by atoms with Gasteiger partial charge in [0.15, 0.2) is 34.4 Å². The van der Waals surface area contributed by atoms with Gasteiger partial charge in [-0.1, -0.05) is 155 Å². The van der Waals surface area contributed by atoms with Gasteiger partial charge in [-0.3, -0.25) is 0 Å². The summed E-state index contributed by atoms with van der Waals surface area (Å²) >= 11 is 3.32. The van der Waals surface area contributed by atoms with E-state index in [4.69, 9.17) is 36.8 Å². The highest BCUT2D eigenvalue weighted by molar-refractivity contribution is 9.08. The van der Waals surface area contributed by atoms with Gasteiger partial charge in [-0.2, -0.15) is 0 Å². The molecular weight excluding hydrogens is 901 g/mol. The van der Waals surface area contributed by atoms with E-state index >= 15 is 0 Å². The number of benzene rings is 8. The molecule has 0 heterocycles. The second-order valence-corrected chi connectivity index (χ2v) is 15.7. The summed E-state index contributed by atoms with van der Waals surface area (Å²) in [6.07, 6.45) is 0. The molecular formula is C58H51BrN2O6. The number of phenolic OH excluding ortho intramolecular Hbond substituents is 1. The van der Waals surface area contributed by atoms with Crippen molar-refractivity contribution in [1.29, 1.82) is 0 Å². The van der Waals surface area contributed by atoms with E-state index in [1.165, 1.54) is 40.5 Å². The number of ether oxygens (including phenoxy) is 5. The molecule has 0 radical (unpaired) electrons. The first-order valence-corrected chi connectivity index (χ1v) is 22.6. The third-order valence-corrected chi connectivity index (χ3v) is 11.4. The highest BCUT2D eigenvalue weighted by Crippen LogP contribution is 2.34. The molecule has 0 bridgehead atoms. The van der Waals surface area contributed by atoms with E-state index in [0.717, 1.165) is 27.6 Å². The molecule has 1 N–H and O–H groups in total. The molecule has 8 aromatic carbocycles. The smallest absolute Gasteiger partial charge is 0.187 e. The zero-order chi connectivity index (χ0) is 47.4. The van der Waals surface area contributed by atoms with Crippen molar-refractivity contribution in [3.63, 3.8) is 0 Å². The molecule has 0 atom stereocenters. The number of rotatable bonds is 14. The Morgan fingerprint density at radius 1 is 0.463 bits per heavy atom. The van der Waals surface area contributed by atoms with E-state index in [-0.39, 0.29) is 5.75 Å². The Hall–Kier alpha value is -7.98. The first kappa shape index (κ1) is 48.5. The Bertz CT molecular complexity index is 2940. The number of aromatic hydroxyl groups is 1. The minimum Gasteiger partial charge on any atom is -0.504 e. The van der Waals surface area contributed by atoms with Crippen LogP contribution in [0.5, 0.6) is 34.5 Å². The SMILES string of the molecule is COc1ccc(OCc2cccc(-c3ccccc3)c2C)cc1O.[C-]#[N+]c1cccc(CBr)c1.[C-]#[N+]c1cccc(COc2cc(OCc3cccc(-c4ccccc4)c3C)ccc2OC)c1. The average molecular weight is 952 g/mol. The molecule has 0 saturated heterocycles. The van der Waals surface area contributed by atoms with Crippen LogP contribution < -0.4 is 23.7 Å². The Labute approximate surface area is 402 Å². The van der Waals surface area contributed by atoms with Gasteiger partial charge in [-0.25, -0.2) is 9.69 Å². The number of alkyl halides is 1. The van der Waals surface area contributed by atoms with Crippen LogP contribution in [0.25, 0.3) is 31.9 Å². The average Bonchev–Trinajstić information content (AvgIpc) is 3.38. The summed E-state index contributed by atoms with van der Waals surface area (Å²) in [7, 11) is 3.13. The van der Waals surface area contributed by atoms with Crippen molar-refractivity contribution in [1.82, 2.24) is 0 Å². The zero-order valence-corrected chi connectivity index (χ0v) is 39.5. The largest absolute Gasteiger partial charge is 0.504 e. The first-order valence-electron chi connectivity index (χ1n) is 21.4. The van der Waals surface area contributed by atoms with Crippen LogP contribution in [-0.4, -0.2) is 19.3 Å². The summed E-state index contributed by atoms with van der Waals surface area (Å²) in [4.78, 5) is 6.78. The van der Waals surface area contributed by atoms with Crippen LogP contribution >= 0.6 is 15.9 Å². The summed E-state index contributed by atoms with van der Waals surface area (Å²) in [6, 6.07) is 58.7. The van der Waals surface area contributed by atoms with Crippen LogP contribution in [0.1, 0.15) is 33.4 Å². The van der Waals surface area contributed by atoms with Crippen molar-refractivity contribution in [2.75, 3.05) is 14.2 Å². The van der Waals surface area contributed by atoms with Gasteiger partial charge in [0.05, 0.1) is 27.4 Å². The molecule has 0 fully saturated rings. The van der Waals surface area contributed by atoms with Crippen molar-refractivity contribution < 1.29 is 28.8 Å². The number of methoxy groups -OCH3 is 2. The zero-order valence-electron chi connectivity index (χ0n) is 37.9. The molecule has 0 amide bonds. The molecule has 67 heavy (non-hydrogen) atoms. The molecule has 0 aliphatic heterocycles. The molecule has 336 valence electrons. The summed E-state index contributed by atoms with van der Waals surface area (Å²) in [5, 5.41) is 10.6. The van der Waals surface area contributed by atoms with Crippen molar-refractivity contribution in [3.05, 3.63) is 238 Å². The molecule has 0 aliphatic carbocycles. The summed E-state index contributed by atoms with van der Waals surface area (Å²) in [5.74, 6) is 3.04. The summed E-state index contributed by atoms with van der Waals surface area (Å²) in [5.41, 5.74) is 12.8. The molecule has 0 aromatic heterocycles. The van der Waals surface area contributed by atoms with E-state index < -0.39 is 0 Å². The predicted molar refractivity (Wildman–Crippen MR) is 272 cm³/mol. The first-order chi connectivity index (χ1) is 32.7. The lowest BCUT2D eigenvalue weighted by Gasteiger charge is -2.15. The Balaban J connectivity index is 0.000000189. The fourth-order valence-electron chi connectivity index (χ4n) is 7.07. The van der Waals surface area contributed by atoms with Gasteiger partial charge in [-0.15, -0.1) is 0 Å². The number of phenols is 1. The van der Waals surface area contributed by atoms with Gasteiger partial charge in [0, 0.05) is 17.5 Å². The lowest BCUT2D eigenvalue weighted by Crippen LogP contribution is -2.01. The molecule has 8 rings (SSSR count). The van der Waals surface area contributed by atoms with Gasteiger partial charge < -0.3 is 28.8 Å². The van der Waals surface area contributed by atoms with Crippen LogP contribution in [0.2, 0.25) is 0 Å². The second-order valence-electron chi connectivity index (χ2n) is 15.1. The van der Waals surface area contributed by atoms with E-state index in [0.29, 0.717) is 59.9 Å². The number of hydrogen-bond donors (Lipinski definition) is 1. The Kier molecular flexibility index (Phi) is 18.0. The van der Waals surface area contributed by atoms with Gasteiger partial charge in [-0.05, 0) is 99.8 Å². The summed E-state index contributed by atoms with van der Waals surface area (Å²) in [6.45, 7) is 19.4. The Morgan fingerprint density at radius 2 is 0.940 bits per heavy atom. The minimum absolute atomic E-state index is 0.0739. The fourth-order valence-corrected chi connectivity index (χ4v) is 7.42. The van der Waals surface area contributed by atoms with Crippen LogP contribution in [0.15, 0.2) is 182 Å². The van der Waals surface area contributed by atoms with Gasteiger partial charge in [0.2, 0.25) is 0 Å². The highest BCUT2D eigenvalue weighted by atomic mass is 79.9. The van der Waals surface area contributed by atoms with Crippen molar-refractivity contribution >= 4 is 27.3 Å². The van der Waals surface area contributed by atoms with Crippen LogP contribution in [-0.2, 0) is 25.2 Å². The lowest BCUT2D eigenvalue weighted by atomic mass is 9.97. The molecule has 0 saturated carbocycles. The monoisotopic (exact) mass is 950 g/mol. The van der Waals surface area contributed by atoms with Crippen molar-refractivity contribution in [2.24, 2.45) is 0 Å².